The second-order valence-electron chi connectivity index (χ2n) is 2.90. The lowest BCUT2D eigenvalue weighted by molar-refractivity contribution is -0.184. The largest absolute Gasteiger partial charge is 0.414 e. The molecular formula is C8H7BrF3NO2S. The zero-order valence-corrected chi connectivity index (χ0v) is 10.4. The molecule has 3 nitrogen and oxygen atoms in total. The van der Waals surface area contributed by atoms with E-state index in [1.807, 2.05) is 0 Å². The summed E-state index contributed by atoms with van der Waals surface area (Å²) < 4.78 is 35.8. The molecule has 0 aliphatic carbocycles. The first-order chi connectivity index (χ1) is 7.29. The molecule has 0 aromatic carbocycles. The highest BCUT2D eigenvalue weighted by atomic mass is 79.9. The van der Waals surface area contributed by atoms with Crippen molar-refractivity contribution in [1.29, 1.82) is 0 Å². The number of carbonyl (C=O) groups is 1. The minimum Gasteiger partial charge on any atom is -0.266 e. The first-order valence-electron chi connectivity index (χ1n) is 4.04. The van der Waals surface area contributed by atoms with Crippen LogP contribution in [0.5, 0.6) is 0 Å². The second kappa shape index (κ2) is 5.15. The van der Waals surface area contributed by atoms with Gasteiger partial charge in [-0.15, -0.1) is 11.3 Å². The third-order valence-electron chi connectivity index (χ3n) is 1.48. The molecule has 1 heterocycles. The smallest absolute Gasteiger partial charge is 0.266 e. The van der Waals surface area contributed by atoms with Gasteiger partial charge in [0.05, 0.1) is 8.66 Å². The van der Waals surface area contributed by atoms with Gasteiger partial charge in [0.1, 0.15) is 0 Å². The van der Waals surface area contributed by atoms with Crippen molar-refractivity contribution in [2.45, 2.75) is 13.1 Å². The van der Waals surface area contributed by atoms with Gasteiger partial charge in [-0.1, -0.05) is 0 Å². The van der Waals surface area contributed by atoms with Crippen molar-refractivity contribution in [1.82, 2.24) is 5.48 Å². The first-order valence-corrected chi connectivity index (χ1v) is 5.65. The number of amides is 1. The molecule has 0 saturated heterocycles. The molecule has 1 aromatic heterocycles. The van der Waals surface area contributed by atoms with Crippen LogP contribution in [0.3, 0.4) is 0 Å². The van der Waals surface area contributed by atoms with Crippen LogP contribution in [0, 0.1) is 6.92 Å². The lowest BCUT2D eigenvalue weighted by atomic mass is 10.3. The maximum absolute atomic E-state index is 11.7. The highest BCUT2D eigenvalue weighted by molar-refractivity contribution is 9.11. The lowest BCUT2D eigenvalue weighted by Crippen LogP contribution is -2.29. The van der Waals surface area contributed by atoms with E-state index in [1.165, 1.54) is 0 Å². The molecule has 1 aromatic rings. The van der Waals surface area contributed by atoms with Crippen LogP contribution in [-0.2, 0) is 4.84 Å². The molecule has 1 rings (SSSR count). The van der Waals surface area contributed by atoms with Crippen LogP contribution in [0.4, 0.5) is 13.2 Å². The van der Waals surface area contributed by atoms with E-state index in [0.29, 0.717) is 0 Å². The summed E-state index contributed by atoms with van der Waals surface area (Å²) >= 11 is 4.33. The predicted molar refractivity (Wildman–Crippen MR) is 56.2 cm³/mol. The average Bonchev–Trinajstić information content (AvgIpc) is 2.45. The zero-order chi connectivity index (χ0) is 12.3. The van der Waals surface area contributed by atoms with Gasteiger partial charge in [0, 0.05) is 0 Å². The Hall–Kier alpha value is -0.600. The van der Waals surface area contributed by atoms with Crippen molar-refractivity contribution >= 4 is 33.2 Å². The summed E-state index contributed by atoms with van der Waals surface area (Å²) in [6, 6.07) is 1.56. The van der Waals surface area contributed by atoms with Gasteiger partial charge in [0.25, 0.3) is 5.91 Å². The fourth-order valence-corrected chi connectivity index (χ4v) is 2.23. The molecule has 0 fully saturated rings. The van der Waals surface area contributed by atoms with Crippen molar-refractivity contribution < 1.29 is 22.8 Å². The molecule has 8 heteroatoms. The Kier molecular flexibility index (Phi) is 4.34. The molecule has 0 unspecified atom stereocenters. The SMILES string of the molecule is Cc1cc(C(=O)NOCC(F)(F)F)sc1Br. The van der Waals surface area contributed by atoms with Crippen LogP contribution >= 0.6 is 27.3 Å². The summed E-state index contributed by atoms with van der Waals surface area (Å²) in [6.07, 6.45) is -4.46. The van der Waals surface area contributed by atoms with Crippen LogP contribution in [0.15, 0.2) is 9.85 Å². The number of carbonyl (C=O) groups excluding carboxylic acids is 1. The number of nitrogens with one attached hydrogen (secondary N) is 1. The number of hydrogen-bond donors (Lipinski definition) is 1. The number of rotatable bonds is 3. The predicted octanol–water partition coefficient (Wildman–Crippen LogP) is 3.04. The zero-order valence-electron chi connectivity index (χ0n) is 8.02. The van der Waals surface area contributed by atoms with Crippen molar-refractivity contribution in [2.75, 3.05) is 6.61 Å². The first kappa shape index (κ1) is 13.5. The van der Waals surface area contributed by atoms with Crippen molar-refractivity contribution in [3.8, 4) is 0 Å². The van der Waals surface area contributed by atoms with Crippen LogP contribution in [-0.4, -0.2) is 18.7 Å². The van der Waals surface area contributed by atoms with Gasteiger partial charge in [-0.2, -0.15) is 13.2 Å². The lowest BCUT2D eigenvalue weighted by Gasteiger charge is -2.06. The summed E-state index contributed by atoms with van der Waals surface area (Å²) in [7, 11) is 0. The summed E-state index contributed by atoms with van der Waals surface area (Å²) in [5, 5.41) is 0. The number of aryl methyl sites for hydroxylation is 1. The van der Waals surface area contributed by atoms with E-state index < -0.39 is 18.7 Å². The normalized spacial score (nSPS) is 11.6. The quantitative estimate of drug-likeness (QED) is 0.870. The van der Waals surface area contributed by atoms with Gasteiger partial charge in [-0.05, 0) is 34.5 Å². The van der Waals surface area contributed by atoms with Crippen LogP contribution in [0.2, 0.25) is 0 Å². The molecule has 0 bridgehead atoms. The Morgan fingerprint density at radius 3 is 2.69 bits per heavy atom. The van der Waals surface area contributed by atoms with E-state index in [9.17, 15) is 18.0 Å². The molecule has 0 spiro atoms. The third-order valence-corrected chi connectivity index (χ3v) is 3.62. The monoisotopic (exact) mass is 317 g/mol. The van der Waals surface area contributed by atoms with E-state index in [0.717, 1.165) is 20.7 Å². The maximum Gasteiger partial charge on any atom is 0.414 e. The standard InChI is InChI=1S/C8H7BrF3NO2S/c1-4-2-5(16-6(4)9)7(14)13-15-3-8(10,11)12/h2H,3H2,1H3,(H,13,14). The highest BCUT2D eigenvalue weighted by Crippen LogP contribution is 2.27. The summed E-state index contributed by atoms with van der Waals surface area (Å²) in [5.41, 5.74) is 2.57. The van der Waals surface area contributed by atoms with Gasteiger partial charge in [0.15, 0.2) is 6.61 Å². The molecule has 0 radical (unpaired) electrons. The van der Waals surface area contributed by atoms with Crippen molar-refractivity contribution in [3.05, 3.63) is 20.3 Å². The van der Waals surface area contributed by atoms with Crippen LogP contribution in [0.1, 0.15) is 15.2 Å². The van der Waals surface area contributed by atoms with Crippen LogP contribution < -0.4 is 5.48 Å². The number of hydroxylamine groups is 1. The molecule has 0 atom stereocenters. The minimum atomic E-state index is -4.46. The van der Waals surface area contributed by atoms with Crippen molar-refractivity contribution in [3.63, 3.8) is 0 Å². The average molecular weight is 318 g/mol. The van der Waals surface area contributed by atoms with E-state index in [2.05, 4.69) is 20.8 Å². The second-order valence-corrected chi connectivity index (χ2v) is 5.27. The maximum atomic E-state index is 11.7. The Morgan fingerprint density at radius 2 is 2.25 bits per heavy atom. The van der Waals surface area contributed by atoms with Crippen molar-refractivity contribution in [2.24, 2.45) is 0 Å². The Bertz CT molecular complexity index is 372. The summed E-state index contributed by atoms with van der Waals surface area (Å²) in [4.78, 5) is 15.6. The topological polar surface area (TPSA) is 38.3 Å². The number of thiophene rings is 1. The van der Waals surface area contributed by atoms with E-state index >= 15 is 0 Å². The number of alkyl halides is 3. The van der Waals surface area contributed by atoms with Crippen LogP contribution in [0.25, 0.3) is 0 Å². The molecular weight excluding hydrogens is 311 g/mol. The fourth-order valence-electron chi connectivity index (χ4n) is 0.806. The number of hydrogen-bond acceptors (Lipinski definition) is 3. The molecule has 16 heavy (non-hydrogen) atoms. The molecule has 0 saturated carbocycles. The van der Waals surface area contributed by atoms with Gasteiger partial charge in [-0.25, -0.2) is 5.48 Å². The van der Waals surface area contributed by atoms with E-state index in [-0.39, 0.29) is 4.88 Å². The summed E-state index contributed by atoms with van der Waals surface area (Å²) in [5.74, 6) is -0.692. The van der Waals surface area contributed by atoms with Gasteiger partial charge < -0.3 is 0 Å². The van der Waals surface area contributed by atoms with E-state index in [1.54, 1.807) is 18.5 Å². The van der Waals surface area contributed by atoms with Gasteiger partial charge in [-0.3, -0.25) is 9.63 Å². The molecule has 90 valence electrons. The molecule has 1 N–H and O–H groups in total. The fraction of sp³-hybridized carbons (Fsp3) is 0.375. The Morgan fingerprint density at radius 1 is 1.62 bits per heavy atom. The van der Waals surface area contributed by atoms with Gasteiger partial charge in [0.2, 0.25) is 0 Å². The molecule has 1 amide bonds. The Labute approximate surface area is 102 Å². The third kappa shape index (κ3) is 4.11. The molecule has 0 aliphatic rings. The Balaban J connectivity index is 2.47. The number of halogens is 4. The van der Waals surface area contributed by atoms with Gasteiger partial charge >= 0.3 is 6.18 Å². The molecule has 0 aliphatic heterocycles. The summed E-state index contributed by atoms with van der Waals surface area (Å²) in [6.45, 7) is 0.262. The highest BCUT2D eigenvalue weighted by Gasteiger charge is 2.28. The minimum absolute atomic E-state index is 0.284. The van der Waals surface area contributed by atoms with E-state index in [4.69, 9.17) is 0 Å².